The number of hydrogen-bond donors (Lipinski definition) is 1. The van der Waals surface area contributed by atoms with Crippen LogP contribution < -0.4 is 15.0 Å². The molecule has 0 aliphatic carbocycles. The number of hydrogen-bond acceptors (Lipinski definition) is 5. The van der Waals surface area contributed by atoms with Crippen molar-refractivity contribution in [3.8, 4) is 5.75 Å². The zero-order valence-electron chi connectivity index (χ0n) is 19.9. The molecule has 1 amide bonds. The first-order valence-electron chi connectivity index (χ1n) is 11.3. The van der Waals surface area contributed by atoms with E-state index in [0.29, 0.717) is 24.5 Å². The number of carbonyl (C=O) groups excluding carboxylic acids is 1. The van der Waals surface area contributed by atoms with Crippen molar-refractivity contribution >= 4 is 27.3 Å². The van der Waals surface area contributed by atoms with Crippen molar-refractivity contribution in [3.05, 3.63) is 83.2 Å². The van der Waals surface area contributed by atoms with Gasteiger partial charge in [0.25, 0.3) is 5.91 Å². The van der Waals surface area contributed by atoms with Gasteiger partial charge in [0.15, 0.2) is 0 Å². The van der Waals surface area contributed by atoms with E-state index in [9.17, 15) is 17.6 Å². The highest BCUT2D eigenvalue weighted by Gasteiger charge is 2.30. The van der Waals surface area contributed by atoms with E-state index < -0.39 is 21.7 Å². The van der Waals surface area contributed by atoms with E-state index in [0.717, 1.165) is 17.8 Å². The van der Waals surface area contributed by atoms with Gasteiger partial charge in [-0.25, -0.2) is 12.8 Å². The van der Waals surface area contributed by atoms with E-state index in [4.69, 9.17) is 4.74 Å². The summed E-state index contributed by atoms with van der Waals surface area (Å²) in [5, 5.41) is 2.59. The number of sulfonamides is 1. The van der Waals surface area contributed by atoms with E-state index in [-0.39, 0.29) is 23.5 Å². The monoisotopic (exact) mass is 497 g/mol. The molecule has 1 aliphatic heterocycles. The van der Waals surface area contributed by atoms with Crippen LogP contribution in [0, 0.1) is 19.7 Å². The minimum Gasteiger partial charge on any atom is -0.495 e. The Labute approximate surface area is 205 Å². The Bertz CT molecular complexity index is 1350. The lowest BCUT2D eigenvalue weighted by atomic mass is 10.1. The lowest BCUT2D eigenvalue weighted by Crippen LogP contribution is -2.48. The predicted octanol–water partition coefficient (Wildman–Crippen LogP) is 4.21. The first kappa shape index (κ1) is 24.7. The van der Waals surface area contributed by atoms with Gasteiger partial charge in [0.1, 0.15) is 11.6 Å². The standard InChI is InChI=1S/C26H28FN3O4S/c1-18-7-6-9-24(19(18)2)29-13-15-30(16-14-29)35(32,33)20-11-12-22(27)21(17-20)26(31)28-23-8-4-5-10-25(23)34-3/h4-12,17H,13-16H2,1-3H3,(H,28,31). The Morgan fingerprint density at radius 1 is 0.971 bits per heavy atom. The third-order valence-electron chi connectivity index (χ3n) is 6.33. The first-order chi connectivity index (χ1) is 16.7. The molecule has 35 heavy (non-hydrogen) atoms. The van der Waals surface area contributed by atoms with Gasteiger partial charge in [0.05, 0.1) is 23.3 Å². The van der Waals surface area contributed by atoms with E-state index in [1.165, 1.54) is 28.6 Å². The van der Waals surface area contributed by atoms with Gasteiger partial charge in [0, 0.05) is 31.9 Å². The number of ether oxygens (including phenoxy) is 1. The molecule has 3 aromatic rings. The molecule has 7 nitrogen and oxygen atoms in total. The zero-order valence-corrected chi connectivity index (χ0v) is 20.7. The average Bonchev–Trinajstić information content (AvgIpc) is 2.86. The highest BCUT2D eigenvalue weighted by molar-refractivity contribution is 7.89. The molecule has 1 N–H and O–H groups in total. The highest BCUT2D eigenvalue weighted by atomic mass is 32.2. The molecule has 1 fully saturated rings. The molecule has 1 heterocycles. The highest BCUT2D eigenvalue weighted by Crippen LogP contribution is 2.27. The molecule has 0 aromatic heterocycles. The Balaban J connectivity index is 1.52. The number of halogens is 1. The molecular weight excluding hydrogens is 469 g/mol. The number of carbonyl (C=O) groups is 1. The van der Waals surface area contributed by atoms with Crippen LogP contribution in [0.5, 0.6) is 5.75 Å². The largest absolute Gasteiger partial charge is 0.495 e. The van der Waals surface area contributed by atoms with Crippen LogP contribution in [0.15, 0.2) is 65.6 Å². The van der Waals surface area contributed by atoms with Crippen molar-refractivity contribution in [2.24, 2.45) is 0 Å². The molecule has 0 atom stereocenters. The first-order valence-corrected chi connectivity index (χ1v) is 12.7. The molecule has 0 unspecified atom stereocenters. The summed E-state index contributed by atoms with van der Waals surface area (Å²) in [7, 11) is -2.45. The van der Waals surface area contributed by atoms with Crippen molar-refractivity contribution in [2.45, 2.75) is 18.7 Å². The number of benzene rings is 3. The molecule has 1 aliphatic rings. The van der Waals surface area contributed by atoms with E-state index >= 15 is 0 Å². The number of amides is 1. The maximum atomic E-state index is 14.5. The van der Waals surface area contributed by atoms with Crippen LogP contribution in [-0.2, 0) is 10.0 Å². The van der Waals surface area contributed by atoms with Gasteiger partial charge >= 0.3 is 0 Å². The fourth-order valence-electron chi connectivity index (χ4n) is 4.17. The molecule has 3 aromatic carbocycles. The van der Waals surface area contributed by atoms with Crippen LogP contribution in [0.4, 0.5) is 15.8 Å². The van der Waals surface area contributed by atoms with Crippen LogP contribution in [0.2, 0.25) is 0 Å². The normalized spacial score (nSPS) is 14.6. The van der Waals surface area contributed by atoms with Gasteiger partial charge in [0.2, 0.25) is 10.0 Å². The summed E-state index contributed by atoms with van der Waals surface area (Å²) < 4.78 is 47.8. The van der Waals surface area contributed by atoms with Crippen LogP contribution in [-0.4, -0.2) is 51.9 Å². The quantitative estimate of drug-likeness (QED) is 0.552. The summed E-state index contributed by atoms with van der Waals surface area (Å²) in [5.74, 6) is -1.16. The van der Waals surface area contributed by atoms with Gasteiger partial charge < -0.3 is 15.0 Å². The van der Waals surface area contributed by atoms with Gasteiger partial charge in [-0.15, -0.1) is 0 Å². The van der Waals surface area contributed by atoms with Gasteiger partial charge in [-0.3, -0.25) is 4.79 Å². The second kappa shape index (κ2) is 10.1. The summed E-state index contributed by atoms with van der Waals surface area (Å²) >= 11 is 0. The molecule has 184 valence electrons. The number of piperazine rings is 1. The number of methoxy groups -OCH3 is 1. The van der Waals surface area contributed by atoms with Crippen molar-refractivity contribution in [1.29, 1.82) is 0 Å². The van der Waals surface area contributed by atoms with Crippen LogP contribution in [0.1, 0.15) is 21.5 Å². The molecule has 0 radical (unpaired) electrons. The third kappa shape index (κ3) is 5.01. The predicted molar refractivity (Wildman–Crippen MR) is 134 cm³/mol. The van der Waals surface area contributed by atoms with E-state index in [2.05, 4.69) is 30.1 Å². The smallest absolute Gasteiger partial charge is 0.258 e. The van der Waals surface area contributed by atoms with Gasteiger partial charge in [-0.05, 0) is 61.4 Å². The van der Waals surface area contributed by atoms with Crippen molar-refractivity contribution < 1.29 is 22.3 Å². The summed E-state index contributed by atoms with van der Waals surface area (Å²) in [6.45, 7) is 5.75. The summed E-state index contributed by atoms with van der Waals surface area (Å²) in [4.78, 5) is 14.8. The number of rotatable bonds is 6. The molecular formula is C26H28FN3O4S. The number of nitrogens with zero attached hydrogens (tertiary/aromatic N) is 2. The Morgan fingerprint density at radius 2 is 1.69 bits per heavy atom. The summed E-state index contributed by atoms with van der Waals surface area (Å²) in [6.07, 6.45) is 0. The van der Waals surface area contributed by atoms with E-state index in [1.807, 2.05) is 12.1 Å². The summed E-state index contributed by atoms with van der Waals surface area (Å²) in [6, 6.07) is 16.1. The SMILES string of the molecule is COc1ccccc1NC(=O)c1cc(S(=O)(=O)N2CCN(c3cccc(C)c3C)CC2)ccc1F. The minimum atomic E-state index is -3.91. The molecule has 1 saturated heterocycles. The fraction of sp³-hybridized carbons (Fsp3) is 0.269. The number of para-hydroxylation sites is 2. The number of nitrogens with one attached hydrogen (secondary N) is 1. The third-order valence-corrected chi connectivity index (χ3v) is 8.23. The van der Waals surface area contributed by atoms with E-state index in [1.54, 1.807) is 24.3 Å². The molecule has 0 spiro atoms. The lowest BCUT2D eigenvalue weighted by Gasteiger charge is -2.36. The topological polar surface area (TPSA) is 78.9 Å². The molecule has 0 saturated carbocycles. The second-order valence-corrected chi connectivity index (χ2v) is 10.3. The minimum absolute atomic E-state index is 0.121. The maximum absolute atomic E-state index is 14.5. The second-order valence-electron chi connectivity index (χ2n) is 8.41. The maximum Gasteiger partial charge on any atom is 0.258 e. The van der Waals surface area contributed by atoms with Crippen molar-refractivity contribution in [1.82, 2.24) is 4.31 Å². The Morgan fingerprint density at radius 3 is 2.40 bits per heavy atom. The summed E-state index contributed by atoms with van der Waals surface area (Å²) in [5.41, 5.74) is 3.45. The lowest BCUT2D eigenvalue weighted by molar-refractivity contribution is 0.102. The number of aryl methyl sites for hydroxylation is 1. The molecule has 4 rings (SSSR count). The Kier molecular flexibility index (Phi) is 7.09. The van der Waals surface area contributed by atoms with Gasteiger partial charge in [-0.2, -0.15) is 4.31 Å². The van der Waals surface area contributed by atoms with Crippen LogP contribution in [0.3, 0.4) is 0 Å². The zero-order chi connectivity index (χ0) is 25.2. The van der Waals surface area contributed by atoms with Crippen LogP contribution >= 0.6 is 0 Å². The fourth-order valence-corrected chi connectivity index (χ4v) is 5.62. The van der Waals surface area contributed by atoms with Gasteiger partial charge in [-0.1, -0.05) is 24.3 Å². The Hall–Kier alpha value is -3.43. The van der Waals surface area contributed by atoms with Crippen LogP contribution in [0.25, 0.3) is 0 Å². The van der Waals surface area contributed by atoms with Crippen molar-refractivity contribution in [2.75, 3.05) is 43.5 Å². The van der Waals surface area contributed by atoms with Crippen molar-refractivity contribution in [3.63, 3.8) is 0 Å². The number of anilines is 2. The average molecular weight is 498 g/mol. The molecule has 9 heteroatoms. The molecule has 0 bridgehead atoms.